The number of hydrogen-bond donors (Lipinski definition) is 2. The van der Waals surface area contributed by atoms with Crippen LogP contribution < -0.4 is 10.6 Å². The van der Waals surface area contributed by atoms with E-state index in [0.717, 1.165) is 31.2 Å². The second kappa shape index (κ2) is 6.76. The first-order valence-electron chi connectivity index (χ1n) is 8.87. The molecule has 2 N–H and O–H groups in total. The third-order valence-electron chi connectivity index (χ3n) is 6.23. The molecule has 20 heavy (non-hydrogen) atoms. The predicted octanol–water partition coefficient (Wildman–Crippen LogP) is 2.70. The normalized spacial score (nSPS) is 37.4. The zero-order valence-corrected chi connectivity index (χ0v) is 13.1. The Bertz CT molecular complexity index is 295. The van der Waals surface area contributed by atoms with Crippen molar-refractivity contribution >= 4 is 0 Å². The SMILES string of the molecule is CCC1(CNC2CCCC2C2CCCN2)CCOCC1. The standard InChI is InChI=1S/C17H32N2O/c1-2-17(8-11-20-12-9-17)13-19-16-6-3-5-14(16)15-7-4-10-18-15/h14-16,18-19H,2-13H2,1H3. The van der Waals surface area contributed by atoms with Crippen molar-refractivity contribution in [3.63, 3.8) is 0 Å². The minimum absolute atomic E-state index is 0.508. The molecule has 0 bridgehead atoms. The molecule has 0 amide bonds. The fourth-order valence-corrected chi connectivity index (χ4v) is 4.61. The average molecular weight is 280 g/mol. The highest BCUT2D eigenvalue weighted by Gasteiger charge is 2.37. The van der Waals surface area contributed by atoms with E-state index in [4.69, 9.17) is 4.74 Å². The van der Waals surface area contributed by atoms with Crippen LogP contribution in [0.4, 0.5) is 0 Å². The maximum Gasteiger partial charge on any atom is 0.0471 e. The van der Waals surface area contributed by atoms with Gasteiger partial charge in [0.15, 0.2) is 0 Å². The van der Waals surface area contributed by atoms with E-state index in [1.165, 1.54) is 64.5 Å². The summed E-state index contributed by atoms with van der Waals surface area (Å²) in [5.74, 6) is 0.881. The van der Waals surface area contributed by atoms with Gasteiger partial charge in [-0.2, -0.15) is 0 Å². The molecule has 3 unspecified atom stereocenters. The Balaban J connectivity index is 1.53. The molecule has 1 saturated carbocycles. The molecule has 0 aromatic heterocycles. The molecule has 0 radical (unpaired) electrons. The van der Waals surface area contributed by atoms with Crippen molar-refractivity contribution in [3.05, 3.63) is 0 Å². The van der Waals surface area contributed by atoms with Crippen molar-refractivity contribution in [2.45, 2.75) is 70.4 Å². The fourth-order valence-electron chi connectivity index (χ4n) is 4.61. The average Bonchev–Trinajstić information content (AvgIpc) is 3.16. The monoisotopic (exact) mass is 280 g/mol. The molecule has 3 rings (SSSR count). The van der Waals surface area contributed by atoms with Gasteiger partial charge >= 0.3 is 0 Å². The number of ether oxygens (including phenoxy) is 1. The van der Waals surface area contributed by atoms with E-state index in [0.29, 0.717) is 5.41 Å². The molecular weight excluding hydrogens is 248 g/mol. The van der Waals surface area contributed by atoms with Crippen LogP contribution in [0.25, 0.3) is 0 Å². The van der Waals surface area contributed by atoms with E-state index in [-0.39, 0.29) is 0 Å². The zero-order chi connectivity index (χ0) is 13.8. The molecule has 0 aromatic carbocycles. The van der Waals surface area contributed by atoms with E-state index in [1.807, 2.05) is 0 Å². The summed E-state index contributed by atoms with van der Waals surface area (Å²) < 4.78 is 5.56. The second-order valence-electron chi connectivity index (χ2n) is 7.25. The van der Waals surface area contributed by atoms with Crippen LogP contribution in [0, 0.1) is 11.3 Å². The van der Waals surface area contributed by atoms with Gasteiger partial charge in [0.05, 0.1) is 0 Å². The van der Waals surface area contributed by atoms with E-state index in [2.05, 4.69) is 17.6 Å². The lowest BCUT2D eigenvalue weighted by Gasteiger charge is -2.38. The molecule has 3 heteroatoms. The number of nitrogens with one attached hydrogen (secondary N) is 2. The van der Waals surface area contributed by atoms with E-state index in [1.54, 1.807) is 0 Å². The van der Waals surface area contributed by atoms with Gasteiger partial charge < -0.3 is 15.4 Å². The van der Waals surface area contributed by atoms with E-state index in [9.17, 15) is 0 Å². The molecule has 3 nitrogen and oxygen atoms in total. The Kier molecular flexibility index (Phi) is 5.00. The fraction of sp³-hybridized carbons (Fsp3) is 1.00. The van der Waals surface area contributed by atoms with Gasteiger partial charge in [0.2, 0.25) is 0 Å². The van der Waals surface area contributed by atoms with Crippen molar-refractivity contribution in [1.29, 1.82) is 0 Å². The summed E-state index contributed by atoms with van der Waals surface area (Å²) in [5.41, 5.74) is 0.508. The molecule has 1 aliphatic carbocycles. The summed E-state index contributed by atoms with van der Waals surface area (Å²) >= 11 is 0. The van der Waals surface area contributed by atoms with Gasteiger partial charge in [0, 0.05) is 31.8 Å². The second-order valence-corrected chi connectivity index (χ2v) is 7.25. The molecule has 3 aliphatic rings. The summed E-state index contributed by atoms with van der Waals surface area (Å²) in [6, 6.07) is 1.55. The highest BCUT2D eigenvalue weighted by Crippen LogP contribution is 2.36. The van der Waals surface area contributed by atoms with Crippen LogP contribution >= 0.6 is 0 Å². The van der Waals surface area contributed by atoms with Crippen LogP contribution in [0.1, 0.15) is 58.3 Å². The van der Waals surface area contributed by atoms with Crippen molar-refractivity contribution in [2.24, 2.45) is 11.3 Å². The minimum atomic E-state index is 0.508. The van der Waals surface area contributed by atoms with Crippen molar-refractivity contribution in [2.75, 3.05) is 26.3 Å². The quantitative estimate of drug-likeness (QED) is 0.812. The Labute approximate surface area is 124 Å². The first-order chi connectivity index (χ1) is 9.83. The Morgan fingerprint density at radius 3 is 2.70 bits per heavy atom. The van der Waals surface area contributed by atoms with Gasteiger partial charge in [-0.25, -0.2) is 0 Å². The third kappa shape index (κ3) is 3.20. The lowest BCUT2D eigenvalue weighted by Crippen LogP contribution is -2.47. The van der Waals surface area contributed by atoms with Gasteiger partial charge in [0.25, 0.3) is 0 Å². The van der Waals surface area contributed by atoms with Crippen molar-refractivity contribution in [3.8, 4) is 0 Å². The lowest BCUT2D eigenvalue weighted by molar-refractivity contribution is 0.0107. The molecule has 3 fully saturated rings. The molecule has 2 heterocycles. The third-order valence-corrected chi connectivity index (χ3v) is 6.23. The summed E-state index contributed by atoms with van der Waals surface area (Å²) in [7, 11) is 0. The topological polar surface area (TPSA) is 33.3 Å². The molecule has 3 atom stereocenters. The van der Waals surface area contributed by atoms with Gasteiger partial charge in [-0.3, -0.25) is 0 Å². The van der Waals surface area contributed by atoms with Crippen LogP contribution in [0.5, 0.6) is 0 Å². The van der Waals surface area contributed by atoms with Crippen LogP contribution in [0.15, 0.2) is 0 Å². The molecular formula is C17H32N2O. The molecule has 2 aliphatic heterocycles. The van der Waals surface area contributed by atoms with Crippen LogP contribution in [0.2, 0.25) is 0 Å². The summed E-state index contributed by atoms with van der Waals surface area (Å²) in [6.07, 6.45) is 10.8. The molecule has 0 spiro atoms. The zero-order valence-electron chi connectivity index (χ0n) is 13.1. The Morgan fingerprint density at radius 1 is 1.15 bits per heavy atom. The Morgan fingerprint density at radius 2 is 2.00 bits per heavy atom. The summed E-state index contributed by atoms with van der Waals surface area (Å²) in [6.45, 7) is 6.74. The van der Waals surface area contributed by atoms with Crippen LogP contribution in [-0.2, 0) is 4.74 Å². The van der Waals surface area contributed by atoms with Gasteiger partial charge in [-0.1, -0.05) is 13.3 Å². The first-order valence-corrected chi connectivity index (χ1v) is 8.87. The summed E-state index contributed by atoms with van der Waals surface area (Å²) in [5, 5.41) is 7.70. The van der Waals surface area contributed by atoms with Gasteiger partial charge in [-0.05, 0) is 62.8 Å². The summed E-state index contributed by atoms with van der Waals surface area (Å²) in [4.78, 5) is 0. The van der Waals surface area contributed by atoms with E-state index >= 15 is 0 Å². The highest BCUT2D eigenvalue weighted by molar-refractivity contribution is 4.94. The Hall–Kier alpha value is -0.120. The number of hydrogen-bond acceptors (Lipinski definition) is 3. The van der Waals surface area contributed by atoms with Crippen molar-refractivity contribution < 1.29 is 4.74 Å². The molecule has 116 valence electrons. The highest BCUT2D eigenvalue weighted by atomic mass is 16.5. The van der Waals surface area contributed by atoms with Gasteiger partial charge in [-0.15, -0.1) is 0 Å². The molecule has 2 saturated heterocycles. The maximum atomic E-state index is 5.56. The van der Waals surface area contributed by atoms with E-state index < -0.39 is 0 Å². The number of rotatable bonds is 5. The van der Waals surface area contributed by atoms with Crippen LogP contribution in [-0.4, -0.2) is 38.4 Å². The first kappa shape index (κ1) is 14.8. The van der Waals surface area contributed by atoms with Crippen LogP contribution in [0.3, 0.4) is 0 Å². The van der Waals surface area contributed by atoms with Gasteiger partial charge in [0.1, 0.15) is 0 Å². The molecule has 0 aromatic rings. The lowest BCUT2D eigenvalue weighted by atomic mass is 9.77. The smallest absolute Gasteiger partial charge is 0.0471 e. The minimum Gasteiger partial charge on any atom is -0.381 e. The predicted molar refractivity (Wildman–Crippen MR) is 82.9 cm³/mol. The maximum absolute atomic E-state index is 5.56. The largest absolute Gasteiger partial charge is 0.381 e. The van der Waals surface area contributed by atoms with Crippen molar-refractivity contribution in [1.82, 2.24) is 10.6 Å².